The molecule has 2 fully saturated rings. The van der Waals surface area contributed by atoms with Gasteiger partial charge in [-0.2, -0.15) is 5.09 Å². The van der Waals surface area contributed by atoms with Crippen molar-refractivity contribution >= 4 is 30.7 Å². The maximum atomic E-state index is 13.9. The summed E-state index contributed by atoms with van der Waals surface area (Å²) in [6.07, 6.45) is 0.342. The summed E-state index contributed by atoms with van der Waals surface area (Å²) in [6, 6.07) is 7.32. The number of benzene rings is 1. The first kappa shape index (κ1) is 27.4. The molecule has 1 aromatic carbocycles. The highest BCUT2D eigenvalue weighted by atomic mass is 31.2. The van der Waals surface area contributed by atoms with E-state index in [1.807, 2.05) is 0 Å². The fourth-order valence-corrected chi connectivity index (χ4v) is 6.21. The normalized spacial score (nSPS) is 28.5. The number of carbonyl (C=O) groups excluding carboxylic acids is 1. The fraction of sp³-hybridized carbons (Fsp3) is 0.500. The number of nitrogens with one attached hydrogen (secondary N) is 1. The van der Waals surface area contributed by atoms with E-state index in [0.29, 0.717) is 11.2 Å². The lowest BCUT2D eigenvalue weighted by molar-refractivity contribution is -0.209. The predicted octanol–water partition coefficient (Wildman–Crippen LogP) is 1.96. The molecule has 0 aliphatic carbocycles. The van der Waals surface area contributed by atoms with Crippen molar-refractivity contribution < 1.29 is 37.7 Å². The van der Waals surface area contributed by atoms with Gasteiger partial charge in [0, 0.05) is 0 Å². The molecule has 39 heavy (non-hydrogen) atoms. The van der Waals surface area contributed by atoms with Crippen molar-refractivity contribution in [3.05, 3.63) is 43.0 Å². The highest BCUT2D eigenvalue weighted by Gasteiger charge is 2.69. The zero-order valence-electron chi connectivity index (χ0n) is 21.9. The summed E-state index contributed by atoms with van der Waals surface area (Å²) in [5.41, 5.74) is 4.05. The summed E-state index contributed by atoms with van der Waals surface area (Å²) < 4.78 is 44.6. The Morgan fingerprint density at radius 1 is 1.28 bits per heavy atom. The molecule has 2 aromatic heterocycles. The van der Waals surface area contributed by atoms with E-state index in [9.17, 15) is 14.5 Å². The third-order valence-electron chi connectivity index (χ3n) is 6.65. The van der Waals surface area contributed by atoms with E-state index in [2.05, 4.69) is 20.0 Å². The Balaban J connectivity index is 1.39. The van der Waals surface area contributed by atoms with Crippen LogP contribution >= 0.6 is 7.75 Å². The minimum absolute atomic E-state index is 0.0544. The van der Waals surface area contributed by atoms with Gasteiger partial charge in [0.15, 0.2) is 17.7 Å². The van der Waals surface area contributed by atoms with E-state index < -0.39 is 49.9 Å². The Bertz CT molecular complexity index is 1410. The van der Waals surface area contributed by atoms with Gasteiger partial charge in [-0.25, -0.2) is 19.5 Å². The van der Waals surface area contributed by atoms with E-state index in [0.717, 1.165) is 0 Å². The minimum atomic E-state index is -4.21. The van der Waals surface area contributed by atoms with Crippen LogP contribution in [0.1, 0.15) is 33.9 Å². The number of aliphatic hydroxyl groups excluding tert-OH is 1. The number of hydrogen-bond donors (Lipinski definition) is 3. The second-order valence-corrected chi connectivity index (χ2v) is 11.7. The Labute approximate surface area is 224 Å². The number of para-hydroxylation sites is 1. The zero-order chi connectivity index (χ0) is 28.0. The molecule has 2 aliphatic rings. The van der Waals surface area contributed by atoms with Gasteiger partial charge in [-0.05, 0) is 39.8 Å². The van der Waals surface area contributed by atoms with Crippen molar-refractivity contribution in [3.63, 3.8) is 0 Å². The number of carbonyl (C=O) groups is 1. The number of nitrogens with zero attached hydrogens (tertiary/aromatic N) is 4. The van der Waals surface area contributed by atoms with Crippen molar-refractivity contribution in [2.45, 2.75) is 63.4 Å². The number of hydrogen-bond acceptors (Lipinski definition) is 12. The quantitative estimate of drug-likeness (QED) is 0.241. The molecule has 0 amide bonds. The lowest BCUT2D eigenvalue weighted by atomic mass is 9.92. The molecule has 14 nitrogen and oxygen atoms in total. The molecule has 0 saturated carbocycles. The van der Waals surface area contributed by atoms with Gasteiger partial charge < -0.3 is 29.6 Å². The van der Waals surface area contributed by atoms with E-state index in [1.54, 1.807) is 55.7 Å². The molecular formula is C24H31N6O8P. The molecule has 0 spiro atoms. The smallest absolute Gasteiger partial charge is 0.459 e. The molecule has 3 aromatic rings. The molecule has 15 heteroatoms. The number of nitrogen functional groups attached to an aromatic ring is 1. The van der Waals surface area contributed by atoms with Crippen LogP contribution in [0, 0.1) is 0 Å². The van der Waals surface area contributed by atoms with Gasteiger partial charge in [0.25, 0.3) is 0 Å². The van der Waals surface area contributed by atoms with Gasteiger partial charge >= 0.3 is 13.7 Å². The van der Waals surface area contributed by atoms with E-state index in [1.165, 1.54) is 19.6 Å². The first-order valence-corrected chi connectivity index (χ1v) is 13.9. The van der Waals surface area contributed by atoms with Crippen LogP contribution in [0.15, 0.2) is 43.0 Å². The van der Waals surface area contributed by atoms with Crippen molar-refractivity contribution in [1.82, 2.24) is 24.6 Å². The fourth-order valence-electron chi connectivity index (χ4n) is 4.66. The van der Waals surface area contributed by atoms with Gasteiger partial charge in [0.2, 0.25) is 0 Å². The summed E-state index contributed by atoms with van der Waals surface area (Å²) in [4.78, 5) is 24.9. The summed E-state index contributed by atoms with van der Waals surface area (Å²) in [7, 11) is -4.21. The maximum absolute atomic E-state index is 13.9. The number of rotatable bonds is 10. The molecule has 5 rings (SSSR count). The number of fused-ring (bicyclic) bond motifs is 3. The topological polar surface area (TPSA) is 182 Å². The van der Waals surface area contributed by atoms with Crippen molar-refractivity contribution in [2.75, 3.05) is 18.9 Å². The van der Waals surface area contributed by atoms with Gasteiger partial charge in [0.1, 0.15) is 40.9 Å². The van der Waals surface area contributed by atoms with Gasteiger partial charge in [-0.15, -0.1) is 0 Å². The number of aliphatic hydroxyl groups is 1. The van der Waals surface area contributed by atoms with Crippen LogP contribution in [-0.2, 0) is 28.1 Å². The molecule has 0 radical (unpaired) electrons. The zero-order valence-corrected chi connectivity index (χ0v) is 22.8. The van der Waals surface area contributed by atoms with Crippen LogP contribution in [0.4, 0.5) is 5.82 Å². The van der Waals surface area contributed by atoms with Gasteiger partial charge in [-0.3, -0.25) is 13.9 Å². The summed E-state index contributed by atoms with van der Waals surface area (Å²) in [5.74, 6) is -0.191. The van der Waals surface area contributed by atoms with Crippen molar-refractivity contribution in [3.8, 4) is 5.75 Å². The van der Waals surface area contributed by atoms with E-state index in [-0.39, 0.29) is 24.3 Å². The number of nitrogens with two attached hydrogens (primary N) is 1. The Kier molecular flexibility index (Phi) is 7.12. The Morgan fingerprint density at radius 2 is 2.03 bits per heavy atom. The number of imidazole rings is 1. The lowest BCUT2D eigenvalue weighted by Crippen LogP contribution is -2.46. The number of anilines is 1. The van der Waals surface area contributed by atoms with E-state index >= 15 is 0 Å². The number of ether oxygens (including phenoxy) is 3. The number of aromatic nitrogens is 4. The van der Waals surface area contributed by atoms with Crippen molar-refractivity contribution in [2.24, 2.45) is 0 Å². The molecule has 2 bridgehead atoms. The van der Waals surface area contributed by atoms with Crippen LogP contribution in [0.2, 0.25) is 0 Å². The maximum Gasteiger partial charge on any atom is 0.459 e. The van der Waals surface area contributed by atoms with Gasteiger partial charge in [-0.1, -0.05) is 18.2 Å². The molecule has 4 heterocycles. The standard InChI is InChI=1S/C24H31N6O8P/c1-14(2)36-20(31)15(3)29-39(33,38-16-8-6-5-7-9-16)35-11-24-10-34-23(4,21(24)32)22(37-24)30-13-28-17-18(25)26-12-27-19(17)30/h5-9,12-15,21-22,32H,10-11H2,1-4H3,(H,29,33)(H2,25,26,27)/t15-,21-,22+,23+,24+,39-/m0/s1. The SMILES string of the molecule is CC(C)OC(=O)[C@H](C)N[P@](=O)(OC[C@]12CO[C@](C)([C@@H]1O)[C@H](n1cnc3c(N)ncnc31)O2)Oc1ccccc1. The first-order chi connectivity index (χ1) is 18.5. The third-order valence-corrected chi connectivity index (χ3v) is 8.27. The van der Waals surface area contributed by atoms with Gasteiger partial charge in [0.05, 0.1) is 25.6 Å². The monoisotopic (exact) mass is 562 g/mol. The van der Waals surface area contributed by atoms with Crippen molar-refractivity contribution in [1.29, 1.82) is 0 Å². The second-order valence-electron chi connectivity index (χ2n) is 10.0. The number of esters is 1. The van der Waals surface area contributed by atoms with Crippen LogP contribution in [0.25, 0.3) is 11.2 Å². The Morgan fingerprint density at radius 3 is 2.74 bits per heavy atom. The predicted molar refractivity (Wildman–Crippen MR) is 137 cm³/mol. The largest absolute Gasteiger partial charge is 0.462 e. The van der Waals surface area contributed by atoms with Crippen LogP contribution in [-0.4, -0.2) is 73.3 Å². The minimum Gasteiger partial charge on any atom is -0.462 e. The molecule has 4 N–H and O–H groups in total. The molecule has 210 valence electrons. The van der Waals surface area contributed by atoms with Crippen LogP contribution < -0.4 is 15.3 Å². The summed E-state index contributed by atoms with van der Waals surface area (Å²) in [6.45, 7) is 6.13. The molecular weight excluding hydrogens is 531 g/mol. The molecule has 6 atom stereocenters. The van der Waals surface area contributed by atoms with Crippen LogP contribution in [0.3, 0.4) is 0 Å². The summed E-state index contributed by atoms with van der Waals surface area (Å²) in [5, 5.41) is 14.0. The average Bonchev–Trinajstić information content (AvgIpc) is 3.49. The highest BCUT2D eigenvalue weighted by molar-refractivity contribution is 7.52. The summed E-state index contributed by atoms with van der Waals surface area (Å²) >= 11 is 0. The highest BCUT2D eigenvalue weighted by Crippen LogP contribution is 2.55. The molecule has 2 aliphatic heterocycles. The molecule has 0 unspecified atom stereocenters. The first-order valence-electron chi connectivity index (χ1n) is 12.4. The lowest BCUT2D eigenvalue weighted by Gasteiger charge is -2.34. The van der Waals surface area contributed by atoms with Crippen LogP contribution in [0.5, 0.6) is 5.75 Å². The Hall–Kier alpha value is -3.13. The van der Waals surface area contributed by atoms with E-state index in [4.69, 9.17) is 29.0 Å². The molecule has 2 saturated heterocycles. The average molecular weight is 563 g/mol. The third kappa shape index (κ3) is 4.99. The second kappa shape index (κ2) is 10.1.